The minimum absolute atomic E-state index is 0.00585. The third-order valence-corrected chi connectivity index (χ3v) is 7.58. The molecule has 1 atom stereocenters. The van der Waals surface area contributed by atoms with Crippen LogP contribution in [0.5, 0.6) is 17.2 Å². The van der Waals surface area contributed by atoms with E-state index in [9.17, 15) is 14.4 Å². The van der Waals surface area contributed by atoms with Crippen LogP contribution >= 0.6 is 11.6 Å². The molecule has 5 aromatic rings. The molecular formula is C39H35ClN2O6. The van der Waals surface area contributed by atoms with Crippen LogP contribution in [0.15, 0.2) is 121 Å². The number of ether oxygens (including phenoxy) is 3. The molecule has 2 N–H and O–H groups in total. The summed E-state index contributed by atoms with van der Waals surface area (Å²) in [6.07, 6.45) is -0.111. The SMILES string of the molecule is COC(=O)CC(NC(=O)c1cc(Cl)ccc1NC(=O)c1ccc(Oc2ccccc2)cc1)c1ccc(-c2ccccc2OC(C)C)cc1. The van der Waals surface area contributed by atoms with Gasteiger partial charge in [-0.25, -0.2) is 0 Å². The first-order valence-corrected chi connectivity index (χ1v) is 15.8. The zero-order chi connectivity index (χ0) is 34.0. The highest BCUT2D eigenvalue weighted by molar-refractivity contribution is 6.31. The third-order valence-electron chi connectivity index (χ3n) is 7.35. The fourth-order valence-electron chi connectivity index (χ4n) is 5.00. The number of nitrogens with one attached hydrogen (secondary N) is 2. The number of rotatable bonds is 12. The maximum absolute atomic E-state index is 13.7. The number of amides is 2. The standard InChI is InChI=1S/C39H35ClN2O6/c1-25(2)47-36-12-8-7-11-32(36)26-13-15-27(16-14-26)35(24-37(43)46-3)42-39(45)33-23-29(40)19-22-34(33)41-38(44)28-17-20-31(21-18-28)48-30-9-5-4-6-10-30/h4-23,25,35H,24H2,1-3H3,(H,41,44)(H,42,45). The number of esters is 1. The van der Waals surface area contributed by atoms with Crippen LogP contribution in [-0.2, 0) is 9.53 Å². The van der Waals surface area contributed by atoms with E-state index in [1.54, 1.807) is 36.4 Å². The van der Waals surface area contributed by atoms with E-state index < -0.39 is 23.8 Å². The maximum Gasteiger partial charge on any atom is 0.307 e. The van der Waals surface area contributed by atoms with Gasteiger partial charge in [0.2, 0.25) is 0 Å². The summed E-state index contributed by atoms with van der Waals surface area (Å²) < 4.78 is 16.7. The van der Waals surface area contributed by atoms with E-state index in [2.05, 4.69) is 10.6 Å². The van der Waals surface area contributed by atoms with Gasteiger partial charge in [-0.2, -0.15) is 0 Å². The van der Waals surface area contributed by atoms with Gasteiger partial charge in [-0.1, -0.05) is 72.3 Å². The average Bonchev–Trinajstić information content (AvgIpc) is 3.09. The molecule has 8 nitrogen and oxygen atoms in total. The van der Waals surface area contributed by atoms with Crippen LogP contribution < -0.4 is 20.1 Å². The molecule has 0 radical (unpaired) electrons. The highest BCUT2D eigenvalue weighted by atomic mass is 35.5. The van der Waals surface area contributed by atoms with Crippen LogP contribution in [0.1, 0.15) is 52.6 Å². The van der Waals surface area contributed by atoms with Crippen molar-refractivity contribution in [3.63, 3.8) is 0 Å². The Bertz CT molecular complexity index is 1880. The van der Waals surface area contributed by atoms with Gasteiger partial charge in [-0.05, 0) is 85.6 Å². The number of hydrogen-bond donors (Lipinski definition) is 2. The fourth-order valence-corrected chi connectivity index (χ4v) is 5.17. The van der Waals surface area contributed by atoms with Crippen molar-refractivity contribution in [3.05, 3.63) is 143 Å². The average molecular weight is 663 g/mol. The maximum atomic E-state index is 13.7. The summed E-state index contributed by atoms with van der Waals surface area (Å²) in [6.45, 7) is 3.94. The van der Waals surface area contributed by atoms with Crippen molar-refractivity contribution >= 4 is 35.1 Å². The molecule has 0 bridgehead atoms. The van der Waals surface area contributed by atoms with E-state index >= 15 is 0 Å². The van der Waals surface area contributed by atoms with Crippen LogP contribution in [0.25, 0.3) is 11.1 Å². The zero-order valence-corrected chi connectivity index (χ0v) is 27.5. The second-order valence-electron chi connectivity index (χ2n) is 11.2. The van der Waals surface area contributed by atoms with Gasteiger partial charge < -0.3 is 24.8 Å². The number of anilines is 1. The number of carbonyl (C=O) groups excluding carboxylic acids is 3. The topological polar surface area (TPSA) is 103 Å². The van der Waals surface area contributed by atoms with Crippen molar-refractivity contribution in [1.82, 2.24) is 5.32 Å². The molecule has 0 aliphatic carbocycles. The van der Waals surface area contributed by atoms with E-state index in [4.69, 9.17) is 25.8 Å². The predicted octanol–water partition coefficient (Wildman–Crippen LogP) is 8.87. The largest absolute Gasteiger partial charge is 0.490 e. The van der Waals surface area contributed by atoms with Crippen LogP contribution in [0.4, 0.5) is 5.69 Å². The van der Waals surface area contributed by atoms with Crippen LogP contribution in [0.3, 0.4) is 0 Å². The molecule has 5 rings (SSSR count). The monoisotopic (exact) mass is 662 g/mol. The summed E-state index contributed by atoms with van der Waals surface area (Å²) in [5.41, 5.74) is 3.26. The quantitative estimate of drug-likeness (QED) is 0.129. The van der Waals surface area contributed by atoms with Crippen molar-refractivity contribution in [1.29, 1.82) is 0 Å². The Balaban J connectivity index is 1.34. The van der Waals surface area contributed by atoms with Gasteiger partial charge >= 0.3 is 5.97 Å². The zero-order valence-electron chi connectivity index (χ0n) is 26.7. The Morgan fingerprint density at radius 2 is 1.42 bits per heavy atom. The lowest BCUT2D eigenvalue weighted by Gasteiger charge is -2.20. The van der Waals surface area contributed by atoms with Gasteiger partial charge in [0.15, 0.2) is 0 Å². The first-order chi connectivity index (χ1) is 23.2. The Morgan fingerprint density at radius 3 is 2.10 bits per heavy atom. The summed E-state index contributed by atoms with van der Waals surface area (Å²) in [7, 11) is 1.29. The molecule has 2 amide bonds. The summed E-state index contributed by atoms with van der Waals surface area (Å²) in [6, 6.07) is 35.1. The van der Waals surface area contributed by atoms with Gasteiger partial charge in [0.1, 0.15) is 17.2 Å². The summed E-state index contributed by atoms with van der Waals surface area (Å²) in [5, 5.41) is 6.05. The molecule has 0 aliphatic heterocycles. The number of benzene rings is 5. The fraction of sp³-hybridized carbons (Fsp3) is 0.154. The molecule has 5 aromatic carbocycles. The minimum Gasteiger partial charge on any atom is -0.490 e. The van der Waals surface area contributed by atoms with Gasteiger partial charge in [0, 0.05) is 16.1 Å². The first-order valence-electron chi connectivity index (χ1n) is 15.4. The summed E-state index contributed by atoms with van der Waals surface area (Å²) >= 11 is 6.29. The van der Waals surface area contributed by atoms with Crippen LogP contribution in [-0.4, -0.2) is 31.0 Å². The smallest absolute Gasteiger partial charge is 0.307 e. The van der Waals surface area contributed by atoms with Gasteiger partial charge in [0.25, 0.3) is 11.8 Å². The van der Waals surface area contributed by atoms with Crippen molar-refractivity contribution in [2.75, 3.05) is 12.4 Å². The molecule has 0 heterocycles. The highest BCUT2D eigenvalue weighted by Gasteiger charge is 2.23. The van der Waals surface area contributed by atoms with Gasteiger partial charge in [0.05, 0.1) is 36.9 Å². The molecule has 48 heavy (non-hydrogen) atoms. The lowest BCUT2D eigenvalue weighted by atomic mass is 9.98. The number of methoxy groups -OCH3 is 1. The molecular weight excluding hydrogens is 628 g/mol. The molecule has 1 unspecified atom stereocenters. The lowest BCUT2D eigenvalue weighted by molar-refractivity contribution is -0.141. The summed E-state index contributed by atoms with van der Waals surface area (Å²) in [5.74, 6) is 0.539. The van der Waals surface area contributed by atoms with E-state index in [-0.39, 0.29) is 23.8 Å². The van der Waals surface area contributed by atoms with Crippen molar-refractivity contribution in [2.45, 2.75) is 32.4 Å². The van der Waals surface area contributed by atoms with E-state index in [1.165, 1.54) is 13.2 Å². The minimum atomic E-state index is -0.735. The molecule has 244 valence electrons. The lowest BCUT2D eigenvalue weighted by Crippen LogP contribution is -2.31. The van der Waals surface area contributed by atoms with Crippen molar-refractivity contribution in [2.24, 2.45) is 0 Å². The number of para-hydroxylation sites is 2. The second kappa shape index (κ2) is 15.8. The normalized spacial score (nSPS) is 11.4. The Labute approximate surface area is 284 Å². The molecule has 9 heteroatoms. The first kappa shape index (κ1) is 33.8. The number of halogens is 1. The van der Waals surface area contributed by atoms with E-state index in [0.29, 0.717) is 27.6 Å². The molecule has 0 fully saturated rings. The second-order valence-corrected chi connectivity index (χ2v) is 11.6. The van der Waals surface area contributed by atoms with Gasteiger partial charge in [-0.3, -0.25) is 14.4 Å². The number of carbonyl (C=O) groups is 3. The van der Waals surface area contributed by atoms with E-state index in [1.807, 2.05) is 92.7 Å². The molecule has 0 aliphatic rings. The molecule has 0 saturated heterocycles. The van der Waals surface area contributed by atoms with Crippen molar-refractivity contribution < 1.29 is 28.6 Å². The predicted molar refractivity (Wildman–Crippen MR) is 187 cm³/mol. The summed E-state index contributed by atoms with van der Waals surface area (Å²) in [4.78, 5) is 39.4. The Kier molecular flexibility index (Phi) is 11.1. The number of hydrogen-bond acceptors (Lipinski definition) is 6. The van der Waals surface area contributed by atoms with Crippen molar-refractivity contribution in [3.8, 4) is 28.4 Å². The van der Waals surface area contributed by atoms with Gasteiger partial charge in [-0.15, -0.1) is 0 Å². The molecule has 0 saturated carbocycles. The van der Waals surface area contributed by atoms with E-state index in [0.717, 1.165) is 16.9 Å². The Hall–Kier alpha value is -5.60. The molecule has 0 aromatic heterocycles. The molecule has 0 spiro atoms. The van der Waals surface area contributed by atoms with Crippen LogP contribution in [0, 0.1) is 0 Å². The van der Waals surface area contributed by atoms with Crippen LogP contribution in [0.2, 0.25) is 5.02 Å². The third kappa shape index (κ3) is 8.80. The highest BCUT2D eigenvalue weighted by Crippen LogP contribution is 2.32. The Morgan fingerprint density at radius 1 is 0.750 bits per heavy atom.